The van der Waals surface area contributed by atoms with Gasteiger partial charge in [0, 0.05) is 11.8 Å². The summed E-state index contributed by atoms with van der Waals surface area (Å²) in [6.45, 7) is 1.69. The normalized spacial score (nSPS) is 11.4. The largest absolute Gasteiger partial charge is 0.478 e. The molecule has 1 heterocycles. The van der Waals surface area contributed by atoms with Crippen LogP contribution in [-0.2, 0) is 6.18 Å². The first-order chi connectivity index (χ1) is 9.29. The third-order valence-electron chi connectivity index (χ3n) is 2.84. The lowest BCUT2D eigenvalue weighted by atomic mass is 9.99. The van der Waals surface area contributed by atoms with Gasteiger partial charge in [0.15, 0.2) is 0 Å². The predicted molar refractivity (Wildman–Crippen MR) is 66.4 cm³/mol. The summed E-state index contributed by atoms with van der Waals surface area (Å²) >= 11 is 0. The van der Waals surface area contributed by atoms with Crippen molar-refractivity contribution in [1.29, 1.82) is 0 Å². The highest BCUT2D eigenvalue weighted by atomic mass is 19.4. The fourth-order valence-electron chi connectivity index (χ4n) is 1.84. The van der Waals surface area contributed by atoms with Crippen molar-refractivity contribution < 1.29 is 23.1 Å². The summed E-state index contributed by atoms with van der Waals surface area (Å²) in [5.41, 5.74) is 0.988. The average molecular weight is 281 g/mol. The number of aromatic nitrogens is 1. The van der Waals surface area contributed by atoms with Gasteiger partial charge in [-0.3, -0.25) is 4.98 Å². The minimum atomic E-state index is -4.47. The van der Waals surface area contributed by atoms with Crippen LogP contribution in [0.4, 0.5) is 13.2 Å². The molecule has 0 amide bonds. The molecule has 1 aromatic carbocycles. The third kappa shape index (κ3) is 2.79. The molecular formula is C14H10F3NO2. The molecule has 1 N–H and O–H groups in total. The molecule has 0 fully saturated rings. The Balaban J connectivity index is 2.40. The Morgan fingerprint density at radius 1 is 1.20 bits per heavy atom. The van der Waals surface area contributed by atoms with Gasteiger partial charge in [-0.05, 0) is 36.2 Å². The lowest BCUT2D eigenvalue weighted by Gasteiger charge is -2.09. The second-order valence-electron chi connectivity index (χ2n) is 4.26. The van der Waals surface area contributed by atoms with Gasteiger partial charge in [-0.25, -0.2) is 4.79 Å². The topological polar surface area (TPSA) is 50.2 Å². The number of carbonyl (C=O) groups is 1. The van der Waals surface area contributed by atoms with E-state index in [1.54, 1.807) is 13.0 Å². The van der Waals surface area contributed by atoms with Crippen molar-refractivity contribution in [1.82, 2.24) is 4.98 Å². The van der Waals surface area contributed by atoms with Gasteiger partial charge in [0.05, 0.1) is 5.56 Å². The molecule has 0 aliphatic carbocycles. The number of benzene rings is 1. The Labute approximate surface area is 112 Å². The molecule has 0 radical (unpaired) electrons. The maximum atomic E-state index is 12.4. The van der Waals surface area contributed by atoms with Crippen molar-refractivity contribution in [2.45, 2.75) is 13.1 Å². The minimum Gasteiger partial charge on any atom is -0.478 e. The van der Waals surface area contributed by atoms with Crippen LogP contribution in [0.3, 0.4) is 0 Å². The summed E-state index contributed by atoms with van der Waals surface area (Å²) in [7, 11) is 0. The first-order valence-electron chi connectivity index (χ1n) is 5.66. The molecule has 0 aliphatic heterocycles. The molecule has 2 rings (SSSR count). The van der Waals surface area contributed by atoms with Gasteiger partial charge < -0.3 is 5.11 Å². The Morgan fingerprint density at radius 3 is 2.35 bits per heavy atom. The van der Waals surface area contributed by atoms with Crippen molar-refractivity contribution in [3.63, 3.8) is 0 Å². The number of carboxylic acid groups (broad SMARTS) is 1. The van der Waals surface area contributed by atoms with E-state index in [0.717, 1.165) is 12.3 Å². The number of hydrogen-bond acceptors (Lipinski definition) is 2. The number of rotatable bonds is 2. The Bertz CT molecular complexity index is 648. The summed E-state index contributed by atoms with van der Waals surface area (Å²) in [5, 5.41) is 8.86. The number of pyridine rings is 1. The third-order valence-corrected chi connectivity index (χ3v) is 2.84. The van der Waals surface area contributed by atoms with Crippen LogP contribution in [0.15, 0.2) is 36.5 Å². The zero-order chi connectivity index (χ0) is 14.9. The Kier molecular flexibility index (Phi) is 3.48. The van der Waals surface area contributed by atoms with Crippen LogP contribution >= 0.6 is 0 Å². The zero-order valence-corrected chi connectivity index (χ0v) is 10.4. The standard InChI is InChI=1S/C14H10F3NO2/c1-8-6-9(13(19)20)2-4-11(8)10-3-5-12(18-7-10)14(15,16)17/h2-7H,1H3,(H,19,20). The fraction of sp³-hybridized carbons (Fsp3) is 0.143. The number of nitrogens with zero attached hydrogens (tertiary/aromatic N) is 1. The summed E-state index contributed by atoms with van der Waals surface area (Å²) in [5.74, 6) is -1.05. The smallest absolute Gasteiger partial charge is 0.433 e. The second kappa shape index (κ2) is 4.96. The number of halogens is 3. The van der Waals surface area contributed by atoms with Gasteiger partial charge in [0.2, 0.25) is 0 Å². The molecule has 6 heteroatoms. The van der Waals surface area contributed by atoms with E-state index >= 15 is 0 Å². The summed E-state index contributed by atoms with van der Waals surface area (Å²) < 4.78 is 37.2. The van der Waals surface area contributed by atoms with E-state index in [4.69, 9.17) is 5.11 Å². The second-order valence-corrected chi connectivity index (χ2v) is 4.26. The molecule has 0 aliphatic rings. The van der Waals surface area contributed by atoms with E-state index in [0.29, 0.717) is 16.7 Å². The number of carboxylic acids is 1. The van der Waals surface area contributed by atoms with Crippen molar-refractivity contribution in [3.05, 3.63) is 53.3 Å². The monoisotopic (exact) mass is 281 g/mol. The molecule has 0 unspecified atom stereocenters. The van der Waals surface area contributed by atoms with Gasteiger partial charge in [0.1, 0.15) is 5.69 Å². The van der Waals surface area contributed by atoms with E-state index in [1.807, 2.05) is 0 Å². The lowest BCUT2D eigenvalue weighted by Crippen LogP contribution is -2.07. The lowest BCUT2D eigenvalue weighted by molar-refractivity contribution is -0.141. The first-order valence-corrected chi connectivity index (χ1v) is 5.66. The number of hydrogen-bond donors (Lipinski definition) is 1. The van der Waals surface area contributed by atoms with Gasteiger partial charge in [-0.15, -0.1) is 0 Å². The van der Waals surface area contributed by atoms with Gasteiger partial charge in [0.25, 0.3) is 0 Å². The Hall–Kier alpha value is -2.37. The molecule has 20 heavy (non-hydrogen) atoms. The quantitative estimate of drug-likeness (QED) is 0.911. The highest BCUT2D eigenvalue weighted by Crippen LogP contribution is 2.30. The first kappa shape index (κ1) is 14.0. The van der Waals surface area contributed by atoms with Crippen molar-refractivity contribution in [2.75, 3.05) is 0 Å². The molecule has 1 aromatic heterocycles. The molecule has 0 saturated carbocycles. The molecular weight excluding hydrogens is 271 g/mol. The van der Waals surface area contributed by atoms with Crippen LogP contribution in [0, 0.1) is 6.92 Å². The number of aromatic carboxylic acids is 1. The Morgan fingerprint density at radius 2 is 1.90 bits per heavy atom. The van der Waals surface area contributed by atoms with Crippen LogP contribution in [0.5, 0.6) is 0 Å². The van der Waals surface area contributed by atoms with Crippen molar-refractivity contribution >= 4 is 5.97 Å². The van der Waals surface area contributed by atoms with Crippen LogP contribution < -0.4 is 0 Å². The van der Waals surface area contributed by atoms with Gasteiger partial charge in [-0.2, -0.15) is 13.2 Å². The van der Waals surface area contributed by atoms with E-state index in [2.05, 4.69) is 4.98 Å². The summed E-state index contributed by atoms with van der Waals surface area (Å²) in [6.07, 6.45) is -3.34. The van der Waals surface area contributed by atoms with E-state index in [9.17, 15) is 18.0 Å². The minimum absolute atomic E-state index is 0.131. The highest BCUT2D eigenvalue weighted by Gasteiger charge is 2.32. The van der Waals surface area contributed by atoms with Crippen LogP contribution in [0.2, 0.25) is 0 Å². The van der Waals surface area contributed by atoms with Crippen LogP contribution in [0.25, 0.3) is 11.1 Å². The molecule has 2 aromatic rings. The fourth-order valence-corrected chi connectivity index (χ4v) is 1.84. The molecule has 104 valence electrons. The number of alkyl halides is 3. The van der Waals surface area contributed by atoms with Gasteiger partial charge >= 0.3 is 12.1 Å². The van der Waals surface area contributed by atoms with E-state index < -0.39 is 17.8 Å². The summed E-state index contributed by atoms with van der Waals surface area (Å²) in [4.78, 5) is 14.2. The van der Waals surface area contributed by atoms with E-state index in [-0.39, 0.29) is 5.56 Å². The predicted octanol–water partition coefficient (Wildman–Crippen LogP) is 3.77. The molecule has 0 spiro atoms. The molecule has 0 bridgehead atoms. The van der Waals surface area contributed by atoms with Crippen molar-refractivity contribution in [3.8, 4) is 11.1 Å². The van der Waals surface area contributed by atoms with Gasteiger partial charge in [-0.1, -0.05) is 12.1 Å². The maximum Gasteiger partial charge on any atom is 0.433 e. The van der Waals surface area contributed by atoms with Crippen molar-refractivity contribution in [2.24, 2.45) is 0 Å². The van der Waals surface area contributed by atoms with E-state index in [1.165, 1.54) is 18.2 Å². The molecule has 0 atom stereocenters. The molecule has 0 saturated heterocycles. The zero-order valence-electron chi connectivity index (χ0n) is 10.4. The maximum absolute atomic E-state index is 12.4. The molecule has 3 nitrogen and oxygen atoms in total. The average Bonchev–Trinajstić information content (AvgIpc) is 2.37. The van der Waals surface area contributed by atoms with Crippen LogP contribution in [-0.4, -0.2) is 16.1 Å². The van der Waals surface area contributed by atoms with Crippen LogP contribution in [0.1, 0.15) is 21.6 Å². The summed E-state index contributed by atoms with van der Waals surface area (Å²) in [6, 6.07) is 6.65. The number of aryl methyl sites for hydroxylation is 1. The SMILES string of the molecule is Cc1cc(C(=O)O)ccc1-c1ccc(C(F)(F)F)nc1. The highest BCUT2D eigenvalue weighted by molar-refractivity contribution is 5.89.